The zero-order chi connectivity index (χ0) is 16.7. The van der Waals surface area contributed by atoms with Gasteiger partial charge < -0.3 is 19.9 Å². The van der Waals surface area contributed by atoms with Gasteiger partial charge in [-0.3, -0.25) is 0 Å². The van der Waals surface area contributed by atoms with Crippen molar-refractivity contribution in [1.82, 2.24) is 0 Å². The fourth-order valence-electron chi connectivity index (χ4n) is 2.44. The molecule has 0 aromatic heterocycles. The van der Waals surface area contributed by atoms with Crippen LogP contribution in [0, 0.1) is 5.82 Å². The monoisotopic (exact) mass is 319 g/mol. The number of para-hydroxylation sites is 1. The van der Waals surface area contributed by atoms with Crippen LogP contribution in [0.4, 0.5) is 4.39 Å². The van der Waals surface area contributed by atoms with Crippen molar-refractivity contribution in [3.05, 3.63) is 53.8 Å². The van der Waals surface area contributed by atoms with E-state index in [1.165, 1.54) is 12.1 Å². The molecule has 5 heteroatoms. The van der Waals surface area contributed by atoms with E-state index < -0.39 is 0 Å². The van der Waals surface area contributed by atoms with Crippen molar-refractivity contribution in [2.45, 2.75) is 12.3 Å². The lowest BCUT2D eigenvalue weighted by molar-refractivity contribution is 0.263. The Morgan fingerprint density at radius 2 is 1.70 bits per heavy atom. The van der Waals surface area contributed by atoms with E-state index >= 15 is 0 Å². The van der Waals surface area contributed by atoms with Crippen molar-refractivity contribution >= 4 is 0 Å². The number of hydrogen-bond donors (Lipinski definition) is 1. The lowest BCUT2D eigenvalue weighted by atomic mass is 9.96. The summed E-state index contributed by atoms with van der Waals surface area (Å²) < 4.78 is 29.8. The molecule has 0 aliphatic carbocycles. The minimum atomic E-state index is -0.256. The number of nitrogens with two attached hydrogens (primary N) is 1. The van der Waals surface area contributed by atoms with Crippen molar-refractivity contribution in [1.29, 1.82) is 0 Å². The molecule has 1 unspecified atom stereocenters. The van der Waals surface area contributed by atoms with Crippen LogP contribution in [0.5, 0.6) is 17.2 Å². The molecule has 0 heterocycles. The molecule has 1 atom stereocenters. The molecule has 2 N–H and O–H groups in total. The van der Waals surface area contributed by atoms with Crippen LogP contribution < -0.4 is 19.9 Å². The zero-order valence-electron chi connectivity index (χ0n) is 13.4. The topological polar surface area (TPSA) is 53.7 Å². The highest BCUT2D eigenvalue weighted by atomic mass is 19.1. The Kier molecular flexibility index (Phi) is 6.23. The second-order valence-corrected chi connectivity index (χ2v) is 5.12. The minimum absolute atomic E-state index is 0.0337. The molecule has 0 amide bonds. The molecule has 0 fully saturated rings. The molecule has 2 aromatic rings. The van der Waals surface area contributed by atoms with Crippen molar-refractivity contribution in [2.24, 2.45) is 5.73 Å². The molecule has 0 radical (unpaired) electrons. The minimum Gasteiger partial charge on any atom is -0.493 e. The largest absolute Gasteiger partial charge is 0.493 e. The normalized spacial score (nSPS) is 11.8. The van der Waals surface area contributed by atoms with Crippen LogP contribution in [0.15, 0.2) is 42.5 Å². The Bertz CT molecular complexity index is 611. The summed E-state index contributed by atoms with van der Waals surface area (Å²) >= 11 is 0. The highest BCUT2D eigenvalue weighted by Gasteiger charge is 2.14. The van der Waals surface area contributed by atoms with E-state index in [4.69, 9.17) is 19.9 Å². The van der Waals surface area contributed by atoms with Crippen molar-refractivity contribution in [2.75, 3.05) is 27.4 Å². The Labute approximate surface area is 136 Å². The summed E-state index contributed by atoms with van der Waals surface area (Å²) in [5.74, 6) is 1.56. The lowest BCUT2D eigenvalue weighted by Crippen LogP contribution is -2.16. The predicted octanol–water partition coefficient (Wildman–Crippen LogP) is 3.35. The quantitative estimate of drug-likeness (QED) is 0.810. The molecule has 0 aliphatic rings. The van der Waals surface area contributed by atoms with Crippen molar-refractivity contribution in [3.8, 4) is 17.2 Å². The van der Waals surface area contributed by atoms with Gasteiger partial charge >= 0.3 is 0 Å². The Balaban J connectivity index is 2.04. The summed E-state index contributed by atoms with van der Waals surface area (Å²) in [4.78, 5) is 0. The van der Waals surface area contributed by atoms with Gasteiger partial charge in [-0.05, 0) is 48.7 Å². The smallest absolute Gasteiger partial charge is 0.203 e. The van der Waals surface area contributed by atoms with Gasteiger partial charge in [-0.2, -0.15) is 0 Å². The summed E-state index contributed by atoms with van der Waals surface area (Å²) in [6.45, 7) is 0.852. The molecule has 0 bridgehead atoms. The predicted molar refractivity (Wildman–Crippen MR) is 87.9 cm³/mol. The molecular weight excluding hydrogens is 297 g/mol. The molecular formula is C18H22FNO3. The molecule has 2 aromatic carbocycles. The van der Waals surface area contributed by atoms with Crippen LogP contribution in [0.3, 0.4) is 0 Å². The Morgan fingerprint density at radius 1 is 1.04 bits per heavy atom. The Morgan fingerprint density at radius 3 is 2.26 bits per heavy atom. The molecule has 0 aliphatic heterocycles. The van der Waals surface area contributed by atoms with Gasteiger partial charge in [-0.1, -0.05) is 18.2 Å². The van der Waals surface area contributed by atoms with Crippen LogP contribution in [0.25, 0.3) is 0 Å². The van der Waals surface area contributed by atoms with Gasteiger partial charge in [-0.15, -0.1) is 0 Å². The Hall–Kier alpha value is -2.27. The highest BCUT2D eigenvalue weighted by molar-refractivity contribution is 5.51. The van der Waals surface area contributed by atoms with Crippen LogP contribution in [-0.2, 0) is 0 Å². The van der Waals surface area contributed by atoms with Crippen LogP contribution in [0.1, 0.15) is 17.9 Å². The SMILES string of the molecule is COc1cccc(OC)c1OCCC(CN)c1cccc(F)c1. The van der Waals surface area contributed by atoms with E-state index in [-0.39, 0.29) is 11.7 Å². The maximum atomic E-state index is 13.3. The summed E-state index contributed by atoms with van der Waals surface area (Å²) in [6.07, 6.45) is 0.668. The maximum Gasteiger partial charge on any atom is 0.203 e. The van der Waals surface area contributed by atoms with E-state index in [2.05, 4.69) is 0 Å². The molecule has 124 valence electrons. The van der Waals surface area contributed by atoms with E-state index in [9.17, 15) is 4.39 Å². The average molecular weight is 319 g/mol. The van der Waals surface area contributed by atoms with Gasteiger partial charge in [0.25, 0.3) is 0 Å². The van der Waals surface area contributed by atoms with E-state index in [1.54, 1.807) is 20.3 Å². The fourth-order valence-corrected chi connectivity index (χ4v) is 2.44. The molecule has 23 heavy (non-hydrogen) atoms. The van der Waals surface area contributed by atoms with Gasteiger partial charge in [-0.25, -0.2) is 4.39 Å². The van der Waals surface area contributed by atoms with E-state index in [1.807, 2.05) is 24.3 Å². The number of ether oxygens (including phenoxy) is 3. The fraction of sp³-hybridized carbons (Fsp3) is 0.333. The third kappa shape index (κ3) is 4.36. The van der Waals surface area contributed by atoms with Crippen LogP contribution in [-0.4, -0.2) is 27.4 Å². The summed E-state index contributed by atoms with van der Waals surface area (Å²) in [7, 11) is 3.16. The first kappa shape index (κ1) is 17.1. The highest BCUT2D eigenvalue weighted by Crippen LogP contribution is 2.37. The first-order valence-corrected chi connectivity index (χ1v) is 7.49. The molecule has 0 saturated heterocycles. The van der Waals surface area contributed by atoms with E-state index in [0.717, 1.165) is 5.56 Å². The zero-order valence-corrected chi connectivity index (χ0v) is 13.4. The van der Waals surface area contributed by atoms with Gasteiger partial charge in [0.1, 0.15) is 5.82 Å². The number of hydrogen-bond acceptors (Lipinski definition) is 4. The number of halogens is 1. The van der Waals surface area contributed by atoms with Gasteiger partial charge in [0.15, 0.2) is 11.5 Å². The first-order chi connectivity index (χ1) is 11.2. The standard InChI is InChI=1S/C18H22FNO3/c1-21-16-7-4-8-17(22-2)18(16)23-10-9-14(12-20)13-5-3-6-15(19)11-13/h3-8,11,14H,9-10,12,20H2,1-2H3. The third-order valence-corrected chi connectivity index (χ3v) is 3.70. The van der Waals surface area contributed by atoms with Crippen molar-refractivity contribution in [3.63, 3.8) is 0 Å². The van der Waals surface area contributed by atoms with Crippen molar-refractivity contribution < 1.29 is 18.6 Å². The number of benzene rings is 2. The number of methoxy groups -OCH3 is 2. The summed E-state index contributed by atoms with van der Waals surface area (Å²) in [6, 6.07) is 12.0. The number of rotatable bonds is 8. The second kappa shape index (κ2) is 8.39. The van der Waals surface area contributed by atoms with Gasteiger partial charge in [0.2, 0.25) is 5.75 Å². The van der Waals surface area contributed by atoms with Crippen LogP contribution >= 0.6 is 0 Å². The van der Waals surface area contributed by atoms with Crippen LogP contribution in [0.2, 0.25) is 0 Å². The summed E-state index contributed by atoms with van der Waals surface area (Å²) in [5, 5.41) is 0. The lowest BCUT2D eigenvalue weighted by Gasteiger charge is -2.18. The molecule has 0 saturated carbocycles. The first-order valence-electron chi connectivity index (χ1n) is 7.49. The molecule has 4 nitrogen and oxygen atoms in total. The van der Waals surface area contributed by atoms with Gasteiger partial charge in [0, 0.05) is 0 Å². The van der Waals surface area contributed by atoms with E-state index in [0.29, 0.717) is 36.8 Å². The molecule has 0 spiro atoms. The third-order valence-electron chi connectivity index (χ3n) is 3.70. The van der Waals surface area contributed by atoms with Gasteiger partial charge in [0.05, 0.1) is 20.8 Å². The average Bonchev–Trinajstić information content (AvgIpc) is 2.58. The maximum absolute atomic E-state index is 13.3. The summed E-state index contributed by atoms with van der Waals surface area (Å²) in [5.41, 5.74) is 6.70. The second-order valence-electron chi connectivity index (χ2n) is 5.12. The molecule has 2 rings (SSSR count).